The van der Waals surface area contributed by atoms with Crippen LogP contribution in [0.5, 0.6) is 5.75 Å². The fourth-order valence-electron chi connectivity index (χ4n) is 5.12. The van der Waals surface area contributed by atoms with Crippen molar-refractivity contribution in [3.8, 4) is 5.75 Å². The van der Waals surface area contributed by atoms with Gasteiger partial charge in [0.25, 0.3) is 5.91 Å². The number of nitrogens with one attached hydrogen (secondary N) is 2. The molecule has 182 valence electrons. The molecule has 35 heavy (non-hydrogen) atoms. The molecule has 9 heteroatoms. The molecule has 4 heterocycles. The molecule has 9 nitrogen and oxygen atoms in total. The smallest absolute Gasteiger partial charge is 0.274 e. The van der Waals surface area contributed by atoms with E-state index >= 15 is 0 Å². The fourth-order valence-corrected chi connectivity index (χ4v) is 5.12. The van der Waals surface area contributed by atoms with E-state index in [1.807, 2.05) is 38.4 Å². The molecule has 3 aromatic heterocycles. The van der Waals surface area contributed by atoms with Crippen molar-refractivity contribution < 1.29 is 9.53 Å². The predicted molar refractivity (Wildman–Crippen MR) is 137 cm³/mol. The monoisotopic (exact) mass is 473 g/mol. The van der Waals surface area contributed by atoms with Gasteiger partial charge in [-0.15, -0.1) is 0 Å². The number of carbonyl (C=O) groups is 1. The summed E-state index contributed by atoms with van der Waals surface area (Å²) < 4.78 is 9.04. The molecule has 1 saturated carbocycles. The molecule has 1 amide bonds. The Bertz CT molecular complexity index is 1410. The lowest BCUT2D eigenvalue weighted by atomic mass is 10.0. The summed E-state index contributed by atoms with van der Waals surface area (Å²) in [5, 5.41) is 16.8. The molecule has 1 aromatic carbocycles. The molecule has 1 aliphatic heterocycles. The summed E-state index contributed by atoms with van der Waals surface area (Å²) in [6.45, 7) is 3.96. The lowest BCUT2D eigenvalue weighted by Gasteiger charge is -2.34. The third-order valence-corrected chi connectivity index (χ3v) is 7.03. The van der Waals surface area contributed by atoms with Crippen LogP contribution in [0.1, 0.15) is 41.9 Å². The number of methoxy groups -OCH3 is 1. The average molecular weight is 474 g/mol. The van der Waals surface area contributed by atoms with E-state index in [1.54, 1.807) is 16.3 Å². The summed E-state index contributed by atoms with van der Waals surface area (Å²) in [6.07, 6.45) is 6.82. The first kappa shape index (κ1) is 21.9. The Balaban J connectivity index is 1.27. The van der Waals surface area contributed by atoms with E-state index in [0.29, 0.717) is 23.2 Å². The van der Waals surface area contributed by atoms with Crippen LogP contribution in [0.2, 0.25) is 0 Å². The van der Waals surface area contributed by atoms with Crippen LogP contribution in [0.25, 0.3) is 16.4 Å². The van der Waals surface area contributed by atoms with Crippen molar-refractivity contribution in [2.75, 3.05) is 30.4 Å². The number of hydrogen-bond donors (Lipinski definition) is 2. The van der Waals surface area contributed by atoms with Gasteiger partial charge in [0.1, 0.15) is 11.4 Å². The van der Waals surface area contributed by atoms with Crippen LogP contribution < -0.4 is 20.3 Å². The van der Waals surface area contributed by atoms with Crippen LogP contribution in [0, 0.1) is 6.92 Å². The van der Waals surface area contributed by atoms with Crippen LogP contribution in [-0.4, -0.2) is 57.6 Å². The number of fused-ring (bicyclic) bond motifs is 2. The minimum Gasteiger partial charge on any atom is -0.494 e. The number of rotatable bonds is 6. The Morgan fingerprint density at radius 2 is 1.83 bits per heavy atom. The molecule has 2 aliphatic rings. The molecule has 1 aliphatic carbocycles. The third-order valence-electron chi connectivity index (χ3n) is 7.03. The van der Waals surface area contributed by atoms with Crippen molar-refractivity contribution in [1.82, 2.24) is 24.7 Å². The second kappa shape index (κ2) is 8.57. The highest BCUT2D eigenvalue weighted by Crippen LogP contribution is 2.32. The van der Waals surface area contributed by atoms with E-state index in [9.17, 15) is 4.79 Å². The number of anilines is 2. The Hall–Kier alpha value is -3.59. The number of nitrogens with zero attached hydrogens (tertiary/aromatic N) is 5. The largest absolute Gasteiger partial charge is 0.494 e. The highest BCUT2D eigenvalue weighted by molar-refractivity contribution is 6.06. The van der Waals surface area contributed by atoms with Crippen molar-refractivity contribution in [1.29, 1.82) is 0 Å². The second-order valence-corrected chi connectivity index (χ2v) is 9.76. The van der Waals surface area contributed by atoms with Crippen molar-refractivity contribution in [3.63, 3.8) is 0 Å². The Morgan fingerprint density at radius 3 is 2.57 bits per heavy atom. The van der Waals surface area contributed by atoms with E-state index in [4.69, 9.17) is 4.74 Å². The molecular formula is C26H31N7O2. The van der Waals surface area contributed by atoms with Crippen molar-refractivity contribution in [2.45, 2.75) is 44.7 Å². The lowest BCUT2D eigenvalue weighted by molar-refractivity contribution is 0.101. The molecular weight excluding hydrogens is 442 g/mol. The molecule has 0 unspecified atom stereocenters. The number of aromatic nitrogens is 4. The van der Waals surface area contributed by atoms with Gasteiger partial charge in [-0.25, -0.2) is 4.52 Å². The van der Waals surface area contributed by atoms with Crippen molar-refractivity contribution >= 4 is 33.7 Å². The Labute approximate surface area is 204 Å². The number of aryl methyl sites for hydroxylation is 2. The topological polar surface area (TPSA) is 88.7 Å². The standard InChI is InChI=1S/C26H31N7O2/c1-16-12-24-22(32-10-8-19(9-11-32)27-18-4-5-18)6-7-23(33(24)29-16)26(34)28-21-13-17-15-31(2)30-20(17)14-25(21)35-3/h6-7,12-15,18-19,27H,4-5,8-11H2,1-3H3,(H,28,34). The van der Waals surface area contributed by atoms with Crippen LogP contribution in [0.15, 0.2) is 36.5 Å². The van der Waals surface area contributed by atoms with Crippen molar-refractivity contribution in [3.05, 3.63) is 47.9 Å². The summed E-state index contributed by atoms with van der Waals surface area (Å²) >= 11 is 0. The third kappa shape index (κ3) is 4.20. The highest BCUT2D eigenvalue weighted by atomic mass is 16.5. The van der Waals surface area contributed by atoms with Crippen LogP contribution in [-0.2, 0) is 7.05 Å². The second-order valence-electron chi connectivity index (χ2n) is 9.76. The van der Waals surface area contributed by atoms with Gasteiger partial charge in [0.2, 0.25) is 0 Å². The zero-order valence-corrected chi connectivity index (χ0v) is 20.4. The maximum Gasteiger partial charge on any atom is 0.274 e. The minimum atomic E-state index is -0.237. The molecule has 4 aromatic rings. The molecule has 2 fully saturated rings. The van der Waals surface area contributed by atoms with Gasteiger partial charge < -0.3 is 20.3 Å². The first-order chi connectivity index (χ1) is 17.0. The first-order valence-electron chi connectivity index (χ1n) is 12.3. The Morgan fingerprint density at radius 1 is 1.06 bits per heavy atom. The van der Waals surface area contributed by atoms with Crippen LogP contribution in [0.3, 0.4) is 0 Å². The van der Waals surface area contributed by atoms with E-state index in [0.717, 1.165) is 59.8 Å². The zero-order chi connectivity index (χ0) is 24.1. The number of benzene rings is 1. The van der Waals surface area contributed by atoms with Crippen LogP contribution >= 0.6 is 0 Å². The van der Waals surface area contributed by atoms with Gasteiger partial charge in [-0.3, -0.25) is 9.48 Å². The fraction of sp³-hybridized carbons (Fsp3) is 0.423. The minimum absolute atomic E-state index is 0.237. The van der Waals surface area contributed by atoms with Gasteiger partial charge in [-0.1, -0.05) is 0 Å². The van der Waals surface area contributed by atoms with Gasteiger partial charge >= 0.3 is 0 Å². The lowest BCUT2D eigenvalue weighted by Crippen LogP contribution is -2.43. The SMILES string of the molecule is COc1cc2nn(C)cc2cc1NC(=O)c1ccc(N2CCC(NC3CC3)CC2)c2cc(C)nn12. The van der Waals surface area contributed by atoms with E-state index < -0.39 is 0 Å². The van der Waals surface area contributed by atoms with E-state index in [2.05, 4.69) is 37.9 Å². The number of carbonyl (C=O) groups excluding carboxylic acids is 1. The summed E-state index contributed by atoms with van der Waals surface area (Å²) in [5.41, 5.74) is 4.86. The van der Waals surface area contributed by atoms with Gasteiger partial charge in [0.05, 0.1) is 35.2 Å². The molecule has 2 N–H and O–H groups in total. The molecule has 0 spiro atoms. The molecule has 0 atom stereocenters. The number of pyridine rings is 1. The maximum atomic E-state index is 13.4. The summed E-state index contributed by atoms with van der Waals surface area (Å²) in [7, 11) is 3.46. The summed E-state index contributed by atoms with van der Waals surface area (Å²) in [6, 6.07) is 11.1. The number of piperidine rings is 1. The average Bonchev–Trinajstić information content (AvgIpc) is 3.45. The number of hydrogen-bond acceptors (Lipinski definition) is 6. The van der Waals surface area contributed by atoms with Gasteiger partial charge in [0.15, 0.2) is 0 Å². The number of amides is 1. The maximum absolute atomic E-state index is 13.4. The van der Waals surface area contributed by atoms with Gasteiger partial charge in [0, 0.05) is 49.9 Å². The van der Waals surface area contributed by atoms with Crippen LogP contribution in [0.4, 0.5) is 11.4 Å². The van der Waals surface area contributed by atoms with Gasteiger partial charge in [-0.05, 0) is 56.9 Å². The predicted octanol–water partition coefficient (Wildman–Crippen LogP) is 3.51. The molecule has 0 radical (unpaired) electrons. The quantitative estimate of drug-likeness (QED) is 0.446. The van der Waals surface area contributed by atoms with E-state index in [-0.39, 0.29) is 5.91 Å². The highest BCUT2D eigenvalue weighted by Gasteiger charge is 2.28. The summed E-state index contributed by atoms with van der Waals surface area (Å²) in [4.78, 5) is 15.8. The molecule has 6 rings (SSSR count). The Kier molecular flexibility index (Phi) is 5.36. The van der Waals surface area contributed by atoms with E-state index in [1.165, 1.54) is 12.8 Å². The van der Waals surface area contributed by atoms with Crippen molar-refractivity contribution in [2.24, 2.45) is 7.05 Å². The summed E-state index contributed by atoms with van der Waals surface area (Å²) in [5.74, 6) is 0.329. The first-order valence-corrected chi connectivity index (χ1v) is 12.3. The number of ether oxygens (including phenoxy) is 1. The zero-order valence-electron chi connectivity index (χ0n) is 20.4. The molecule has 0 bridgehead atoms. The normalized spacial score (nSPS) is 16.8. The van der Waals surface area contributed by atoms with Gasteiger partial charge in [-0.2, -0.15) is 10.2 Å². The molecule has 1 saturated heterocycles.